The molecule has 2 rings (SSSR count). The molecule has 1 fully saturated rings. The summed E-state index contributed by atoms with van der Waals surface area (Å²) >= 11 is 0. The van der Waals surface area contributed by atoms with Crippen LogP contribution in [-0.2, 0) is 4.79 Å². The topological polar surface area (TPSA) is 61.6 Å². The fourth-order valence-corrected chi connectivity index (χ4v) is 2.74. The normalized spacial score (nSPS) is 17.2. The van der Waals surface area contributed by atoms with Crippen molar-refractivity contribution in [2.75, 3.05) is 39.8 Å². The molecule has 0 aromatic heterocycles. The molecular formula is C17H31Cl3N4O. The summed E-state index contributed by atoms with van der Waals surface area (Å²) < 4.78 is 0. The van der Waals surface area contributed by atoms with Gasteiger partial charge in [0.1, 0.15) is 0 Å². The van der Waals surface area contributed by atoms with Crippen LogP contribution in [-0.4, -0.2) is 61.5 Å². The highest BCUT2D eigenvalue weighted by atomic mass is 35.5. The first-order valence-electron chi connectivity index (χ1n) is 8.06. The van der Waals surface area contributed by atoms with Crippen molar-refractivity contribution in [1.82, 2.24) is 15.1 Å². The van der Waals surface area contributed by atoms with Gasteiger partial charge in [-0.25, -0.2) is 0 Å². The number of amides is 1. The van der Waals surface area contributed by atoms with Gasteiger partial charge in [0.2, 0.25) is 5.91 Å². The smallest absolute Gasteiger partial charge is 0.221 e. The molecule has 1 aromatic rings. The van der Waals surface area contributed by atoms with E-state index in [4.69, 9.17) is 5.73 Å². The molecule has 1 amide bonds. The number of hydrogen-bond donors (Lipinski definition) is 2. The Morgan fingerprint density at radius 1 is 1.12 bits per heavy atom. The molecule has 1 heterocycles. The lowest BCUT2D eigenvalue weighted by Gasteiger charge is -2.36. The first-order chi connectivity index (χ1) is 10.6. The molecule has 1 aromatic carbocycles. The number of carbonyl (C=O) groups is 1. The second-order valence-electron chi connectivity index (χ2n) is 6.21. The zero-order valence-corrected chi connectivity index (χ0v) is 17.3. The number of likely N-dealkylation sites (N-methyl/N-ethyl adjacent to an activating group) is 1. The molecule has 1 aliphatic heterocycles. The second kappa shape index (κ2) is 13.6. The van der Waals surface area contributed by atoms with Crippen LogP contribution in [0.2, 0.25) is 0 Å². The molecule has 0 bridgehead atoms. The summed E-state index contributed by atoms with van der Waals surface area (Å²) in [5, 5.41) is 3.02. The van der Waals surface area contributed by atoms with E-state index in [1.807, 2.05) is 30.3 Å². The molecule has 1 saturated heterocycles. The minimum Gasteiger partial charge on any atom is -0.354 e. The Morgan fingerprint density at radius 3 is 2.24 bits per heavy atom. The lowest BCUT2D eigenvalue weighted by atomic mass is 10.0. The van der Waals surface area contributed by atoms with Crippen molar-refractivity contribution >= 4 is 43.1 Å². The standard InChI is InChI=1S/C17H28N4O.3ClH/c1-14(21-10-8-20(2)9-11-21)13-19-17(22)12-16(18)15-6-4-3-5-7-15;;;/h3-7,14,16H,8-13,18H2,1-2H3,(H,19,22);3*1H. The zero-order chi connectivity index (χ0) is 15.9. The van der Waals surface area contributed by atoms with Crippen molar-refractivity contribution in [2.24, 2.45) is 5.73 Å². The maximum atomic E-state index is 12.0. The predicted octanol–water partition coefficient (Wildman–Crippen LogP) is 2.09. The summed E-state index contributed by atoms with van der Waals surface area (Å²) in [6.07, 6.45) is 0.333. The van der Waals surface area contributed by atoms with Gasteiger partial charge in [0.05, 0.1) is 0 Å². The van der Waals surface area contributed by atoms with E-state index in [9.17, 15) is 4.79 Å². The number of nitrogens with one attached hydrogen (secondary N) is 1. The number of rotatable bonds is 6. The number of halogens is 3. The number of piperazine rings is 1. The predicted molar refractivity (Wildman–Crippen MR) is 111 cm³/mol. The van der Waals surface area contributed by atoms with Crippen LogP contribution in [0, 0.1) is 0 Å². The third-order valence-electron chi connectivity index (χ3n) is 4.39. The van der Waals surface area contributed by atoms with Crippen molar-refractivity contribution in [2.45, 2.75) is 25.4 Å². The number of hydrogen-bond acceptors (Lipinski definition) is 4. The first kappa shape index (κ1) is 26.7. The zero-order valence-electron chi connectivity index (χ0n) is 14.9. The van der Waals surface area contributed by atoms with E-state index in [0.29, 0.717) is 19.0 Å². The third kappa shape index (κ3) is 9.08. The number of nitrogens with zero attached hydrogens (tertiary/aromatic N) is 2. The van der Waals surface area contributed by atoms with E-state index >= 15 is 0 Å². The van der Waals surface area contributed by atoms with Crippen LogP contribution >= 0.6 is 37.2 Å². The Morgan fingerprint density at radius 2 is 1.68 bits per heavy atom. The fraction of sp³-hybridized carbons (Fsp3) is 0.588. The summed E-state index contributed by atoms with van der Waals surface area (Å²) in [5.41, 5.74) is 7.09. The Bertz CT molecular complexity index is 470. The minimum atomic E-state index is -0.236. The first-order valence-corrected chi connectivity index (χ1v) is 8.06. The average Bonchev–Trinajstić information content (AvgIpc) is 2.54. The summed E-state index contributed by atoms with van der Waals surface area (Å²) in [5.74, 6) is 0.0253. The largest absolute Gasteiger partial charge is 0.354 e. The SMILES string of the molecule is CC(CNC(=O)CC(N)c1ccccc1)N1CCN(C)CC1.Cl.Cl.Cl. The van der Waals surface area contributed by atoms with E-state index in [-0.39, 0.29) is 49.2 Å². The Kier molecular flexibility index (Phi) is 14.5. The molecule has 25 heavy (non-hydrogen) atoms. The van der Waals surface area contributed by atoms with E-state index in [1.165, 1.54) is 0 Å². The monoisotopic (exact) mass is 412 g/mol. The summed E-state index contributed by atoms with van der Waals surface area (Å²) in [4.78, 5) is 16.8. The molecule has 0 aliphatic carbocycles. The molecular weight excluding hydrogens is 383 g/mol. The van der Waals surface area contributed by atoms with Gasteiger partial charge in [0.15, 0.2) is 0 Å². The molecule has 2 unspecified atom stereocenters. The van der Waals surface area contributed by atoms with Crippen LogP contribution in [0.15, 0.2) is 30.3 Å². The molecule has 3 N–H and O–H groups in total. The van der Waals surface area contributed by atoms with E-state index in [1.54, 1.807) is 0 Å². The van der Waals surface area contributed by atoms with Gasteiger partial charge < -0.3 is 16.0 Å². The van der Waals surface area contributed by atoms with Crippen LogP contribution in [0.4, 0.5) is 0 Å². The van der Waals surface area contributed by atoms with Crippen LogP contribution in [0.1, 0.15) is 24.9 Å². The van der Waals surface area contributed by atoms with Gasteiger partial charge in [-0.1, -0.05) is 30.3 Å². The van der Waals surface area contributed by atoms with Crippen LogP contribution in [0.5, 0.6) is 0 Å². The van der Waals surface area contributed by atoms with Gasteiger partial charge in [-0.05, 0) is 19.5 Å². The minimum absolute atomic E-state index is 0. The van der Waals surface area contributed by atoms with Crippen LogP contribution in [0.25, 0.3) is 0 Å². The Labute approximate surface area is 169 Å². The van der Waals surface area contributed by atoms with Gasteiger partial charge in [0.25, 0.3) is 0 Å². The van der Waals surface area contributed by atoms with Crippen molar-refractivity contribution < 1.29 is 4.79 Å². The van der Waals surface area contributed by atoms with E-state index in [2.05, 4.69) is 29.1 Å². The van der Waals surface area contributed by atoms with Crippen LogP contribution in [0.3, 0.4) is 0 Å². The van der Waals surface area contributed by atoms with E-state index in [0.717, 1.165) is 31.7 Å². The van der Waals surface area contributed by atoms with E-state index < -0.39 is 0 Å². The maximum Gasteiger partial charge on any atom is 0.221 e. The summed E-state index contributed by atoms with van der Waals surface area (Å²) in [6, 6.07) is 9.90. The number of nitrogens with two attached hydrogens (primary N) is 1. The molecule has 0 spiro atoms. The molecule has 5 nitrogen and oxygen atoms in total. The highest BCUT2D eigenvalue weighted by Crippen LogP contribution is 2.13. The van der Waals surface area contributed by atoms with Crippen molar-refractivity contribution in [3.8, 4) is 0 Å². The van der Waals surface area contributed by atoms with Crippen molar-refractivity contribution in [3.05, 3.63) is 35.9 Å². The Hall–Kier alpha value is -0.560. The van der Waals surface area contributed by atoms with Crippen molar-refractivity contribution in [3.63, 3.8) is 0 Å². The second-order valence-corrected chi connectivity index (χ2v) is 6.21. The van der Waals surface area contributed by atoms with Crippen LogP contribution < -0.4 is 11.1 Å². The summed E-state index contributed by atoms with van der Waals surface area (Å²) in [6.45, 7) is 7.18. The molecule has 0 saturated carbocycles. The maximum absolute atomic E-state index is 12.0. The lowest BCUT2D eigenvalue weighted by molar-refractivity contribution is -0.121. The number of carbonyl (C=O) groups excluding carboxylic acids is 1. The third-order valence-corrected chi connectivity index (χ3v) is 4.39. The van der Waals surface area contributed by atoms with Gasteiger partial charge in [-0.15, -0.1) is 37.2 Å². The molecule has 2 atom stereocenters. The highest BCUT2D eigenvalue weighted by molar-refractivity contribution is 5.86. The van der Waals surface area contributed by atoms with Gasteiger partial charge in [-0.3, -0.25) is 9.69 Å². The lowest BCUT2D eigenvalue weighted by Crippen LogP contribution is -2.51. The highest BCUT2D eigenvalue weighted by Gasteiger charge is 2.19. The van der Waals surface area contributed by atoms with Crippen molar-refractivity contribution in [1.29, 1.82) is 0 Å². The molecule has 1 aliphatic rings. The van der Waals surface area contributed by atoms with Gasteiger partial charge in [0, 0.05) is 51.2 Å². The van der Waals surface area contributed by atoms with Gasteiger partial charge >= 0.3 is 0 Å². The fourth-order valence-electron chi connectivity index (χ4n) is 2.74. The number of benzene rings is 1. The molecule has 8 heteroatoms. The average molecular weight is 414 g/mol. The Balaban J connectivity index is 0. The summed E-state index contributed by atoms with van der Waals surface area (Å²) in [7, 11) is 2.15. The quantitative estimate of drug-likeness (QED) is 0.749. The van der Waals surface area contributed by atoms with Gasteiger partial charge in [-0.2, -0.15) is 0 Å². The molecule has 146 valence electrons. The molecule has 0 radical (unpaired) electrons.